The second-order valence-corrected chi connectivity index (χ2v) is 6.38. The van der Waals surface area contributed by atoms with E-state index in [1.807, 2.05) is 42.5 Å². The van der Waals surface area contributed by atoms with E-state index in [0.717, 1.165) is 24.2 Å². The molecule has 136 valence electrons. The number of rotatable bonds is 8. The van der Waals surface area contributed by atoms with Crippen LogP contribution in [0.15, 0.2) is 54.6 Å². The van der Waals surface area contributed by atoms with E-state index in [1.54, 1.807) is 19.2 Å². The first-order valence-corrected chi connectivity index (χ1v) is 8.84. The first kappa shape index (κ1) is 18.0. The van der Waals surface area contributed by atoms with Crippen molar-refractivity contribution in [1.82, 2.24) is 5.32 Å². The zero-order valence-corrected chi connectivity index (χ0v) is 14.8. The molecule has 0 spiro atoms. The van der Waals surface area contributed by atoms with Gasteiger partial charge in [-0.2, -0.15) is 0 Å². The van der Waals surface area contributed by atoms with Crippen LogP contribution < -0.4 is 10.1 Å². The molecule has 1 atom stereocenters. The Bertz CT molecular complexity index is 756. The fraction of sp³-hybridized carbons (Fsp3) is 0.333. The van der Waals surface area contributed by atoms with Gasteiger partial charge in [0.05, 0.1) is 7.11 Å². The lowest BCUT2D eigenvalue weighted by atomic mass is 10.1. The maximum atomic E-state index is 12.5. The molecule has 2 aromatic rings. The Morgan fingerprint density at radius 1 is 1.08 bits per heavy atom. The molecule has 1 aliphatic rings. The Kier molecular flexibility index (Phi) is 5.89. The number of methoxy groups -OCH3 is 1. The lowest BCUT2D eigenvalue weighted by Crippen LogP contribution is -2.33. The van der Waals surface area contributed by atoms with Crippen molar-refractivity contribution in [2.75, 3.05) is 7.11 Å². The molecule has 1 N–H and O–H groups in total. The molecule has 26 heavy (non-hydrogen) atoms. The van der Waals surface area contributed by atoms with Crippen LogP contribution in [0.5, 0.6) is 5.75 Å². The van der Waals surface area contributed by atoms with Crippen LogP contribution in [-0.4, -0.2) is 25.0 Å². The summed E-state index contributed by atoms with van der Waals surface area (Å²) in [5, 5.41) is 2.91. The third-order valence-electron chi connectivity index (χ3n) is 4.30. The van der Waals surface area contributed by atoms with Crippen molar-refractivity contribution in [2.45, 2.75) is 37.8 Å². The summed E-state index contributed by atoms with van der Waals surface area (Å²) >= 11 is 0. The first-order valence-electron chi connectivity index (χ1n) is 8.84. The summed E-state index contributed by atoms with van der Waals surface area (Å²) in [6.07, 6.45) is 1.72. The monoisotopic (exact) mass is 353 g/mol. The predicted molar refractivity (Wildman–Crippen MR) is 97.8 cm³/mol. The Labute approximate surface area is 153 Å². The molecule has 0 saturated heterocycles. The van der Waals surface area contributed by atoms with Gasteiger partial charge in [-0.3, -0.25) is 9.59 Å². The summed E-state index contributed by atoms with van der Waals surface area (Å²) in [6.45, 7) is 0. The largest absolute Gasteiger partial charge is 0.496 e. The molecule has 0 aliphatic heterocycles. The number of hydrogen-bond acceptors (Lipinski definition) is 4. The van der Waals surface area contributed by atoms with Crippen molar-refractivity contribution in [3.05, 3.63) is 65.7 Å². The van der Waals surface area contributed by atoms with E-state index < -0.39 is 12.1 Å². The van der Waals surface area contributed by atoms with Gasteiger partial charge in [-0.25, -0.2) is 0 Å². The average Bonchev–Trinajstić information content (AvgIpc) is 3.49. The van der Waals surface area contributed by atoms with Crippen LogP contribution in [0, 0.1) is 0 Å². The van der Waals surface area contributed by atoms with Gasteiger partial charge in [-0.05, 0) is 30.9 Å². The summed E-state index contributed by atoms with van der Waals surface area (Å²) in [5.74, 6) is 0.0754. The topological polar surface area (TPSA) is 64.6 Å². The highest BCUT2D eigenvalue weighted by molar-refractivity contribution is 5.85. The zero-order valence-electron chi connectivity index (χ0n) is 14.8. The molecule has 3 rings (SSSR count). The van der Waals surface area contributed by atoms with Crippen molar-refractivity contribution in [1.29, 1.82) is 0 Å². The number of carbonyl (C=O) groups excluding carboxylic acids is 2. The molecule has 0 aromatic heterocycles. The molecule has 1 saturated carbocycles. The standard InChI is InChI=1S/C21H23NO4/c1-25-18-10-6-5-7-15(18)11-14-19(23)26-20(16-8-3-2-4-9-16)21(24)22-17-12-13-17/h2-10,17,20H,11-14H2,1H3,(H,22,24)/t20-/m0/s1. The van der Waals surface area contributed by atoms with Crippen molar-refractivity contribution in [3.63, 3.8) is 0 Å². The van der Waals surface area contributed by atoms with Crippen molar-refractivity contribution in [2.24, 2.45) is 0 Å². The SMILES string of the molecule is COc1ccccc1CCC(=O)O[C@H](C(=O)NC1CC1)c1ccccc1. The van der Waals surface area contributed by atoms with Gasteiger partial charge >= 0.3 is 5.97 Å². The summed E-state index contributed by atoms with van der Waals surface area (Å²) in [5.41, 5.74) is 1.61. The number of hydrogen-bond donors (Lipinski definition) is 1. The Balaban J connectivity index is 1.64. The zero-order chi connectivity index (χ0) is 18.4. The van der Waals surface area contributed by atoms with E-state index in [2.05, 4.69) is 5.32 Å². The number of carbonyl (C=O) groups is 2. The second kappa shape index (κ2) is 8.52. The van der Waals surface area contributed by atoms with Gasteiger partial charge in [0.2, 0.25) is 6.10 Å². The normalized spacial score (nSPS) is 14.3. The highest BCUT2D eigenvalue weighted by Gasteiger charge is 2.30. The van der Waals surface area contributed by atoms with Crippen molar-refractivity contribution in [3.8, 4) is 5.75 Å². The third kappa shape index (κ3) is 4.85. The maximum absolute atomic E-state index is 12.5. The molecule has 1 amide bonds. The van der Waals surface area contributed by atoms with Crippen molar-refractivity contribution >= 4 is 11.9 Å². The molecule has 0 radical (unpaired) electrons. The molecule has 2 aromatic carbocycles. The quantitative estimate of drug-likeness (QED) is 0.740. The Hall–Kier alpha value is -2.82. The van der Waals surface area contributed by atoms with Crippen LogP contribution in [0.3, 0.4) is 0 Å². The predicted octanol–water partition coefficient (Wildman–Crippen LogP) is 3.19. The second-order valence-electron chi connectivity index (χ2n) is 6.38. The number of amides is 1. The lowest BCUT2D eigenvalue weighted by Gasteiger charge is -2.18. The molecule has 5 heteroatoms. The number of para-hydroxylation sites is 1. The van der Waals surface area contributed by atoms with E-state index in [9.17, 15) is 9.59 Å². The molecule has 5 nitrogen and oxygen atoms in total. The maximum Gasteiger partial charge on any atom is 0.307 e. The molecule has 0 heterocycles. The smallest absolute Gasteiger partial charge is 0.307 e. The number of aryl methyl sites for hydroxylation is 1. The Morgan fingerprint density at radius 2 is 1.77 bits per heavy atom. The molecule has 1 fully saturated rings. The minimum Gasteiger partial charge on any atom is -0.496 e. The first-order chi connectivity index (χ1) is 12.7. The van der Waals surface area contributed by atoms with E-state index in [1.165, 1.54) is 0 Å². The number of esters is 1. The van der Waals surface area contributed by atoms with E-state index in [0.29, 0.717) is 12.0 Å². The van der Waals surface area contributed by atoms with Crippen LogP contribution >= 0.6 is 0 Å². The van der Waals surface area contributed by atoms with Gasteiger partial charge in [0, 0.05) is 18.0 Å². The van der Waals surface area contributed by atoms with Crippen LogP contribution in [0.2, 0.25) is 0 Å². The molecular formula is C21H23NO4. The fourth-order valence-electron chi connectivity index (χ4n) is 2.74. The van der Waals surface area contributed by atoms with Gasteiger partial charge in [-0.15, -0.1) is 0 Å². The number of nitrogens with one attached hydrogen (secondary N) is 1. The van der Waals surface area contributed by atoms with Crippen LogP contribution in [0.25, 0.3) is 0 Å². The summed E-state index contributed by atoms with van der Waals surface area (Å²) in [7, 11) is 1.60. The van der Waals surface area contributed by atoms with E-state index >= 15 is 0 Å². The van der Waals surface area contributed by atoms with E-state index in [-0.39, 0.29) is 18.4 Å². The molecule has 1 aliphatic carbocycles. The van der Waals surface area contributed by atoms with Gasteiger partial charge in [0.1, 0.15) is 5.75 Å². The molecule has 0 unspecified atom stereocenters. The number of benzene rings is 2. The highest BCUT2D eigenvalue weighted by Crippen LogP contribution is 2.24. The van der Waals surface area contributed by atoms with Gasteiger partial charge in [-0.1, -0.05) is 48.5 Å². The summed E-state index contributed by atoms with van der Waals surface area (Å²) in [4.78, 5) is 24.9. The van der Waals surface area contributed by atoms with Crippen LogP contribution in [-0.2, 0) is 20.7 Å². The lowest BCUT2D eigenvalue weighted by molar-refractivity contribution is -0.156. The third-order valence-corrected chi connectivity index (χ3v) is 4.30. The molecule has 0 bridgehead atoms. The van der Waals surface area contributed by atoms with Gasteiger partial charge in [0.15, 0.2) is 0 Å². The molecular weight excluding hydrogens is 330 g/mol. The van der Waals surface area contributed by atoms with Gasteiger partial charge in [0.25, 0.3) is 5.91 Å². The van der Waals surface area contributed by atoms with Gasteiger partial charge < -0.3 is 14.8 Å². The fourth-order valence-corrected chi connectivity index (χ4v) is 2.74. The van der Waals surface area contributed by atoms with Crippen molar-refractivity contribution < 1.29 is 19.1 Å². The Morgan fingerprint density at radius 3 is 2.46 bits per heavy atom. The average molecular weight is 353 g/mol. The van der Waals surface area contributed by atoms with Crippen LogP contribution in [0.1, 0.15) is 36.5 Å². The minimum absolute atomic E-state index is 0.181. The minimum atomic E-state index is -0.915. The van der Waals surface area contributed by atoms with E-state index in [4.69, 9.17) is 9.47 Å². The van der Waals surface area contributed by atoms with Crippen LogP contribution in [0.4, 0.5) is 0 Å². The summed E-state index contributed by atoms with van der Waals surface area (Å²) < 4.78 is 10.8. The number of ether oxygens (including phenoxy) is 2. The highest BCUT2D eigenvalue weighted by atomic mass is 16.5. The summed E-state index contributed by atoms with van der Waals surface area (Å²) in [6, 6.07) is 16.9.